The number of carbonyl (C=O) groups is 1. The van der Waals surface area contributed by atoms with Crippen molar-refractivity contribution in [1.82, 2.24) is 14.9 Å². The molecule has 1 aliphatic heterocycles. The van der Waals surface area contributed by atoms with Crippen LogP contribution in [0.4, 0.5) is 0 Å². The number of carbonyl (C=O) groups excluding carboxylic acids is 1. The van der Waals surface area contributed by atoms with Crippen LogP contribution in [0.3, 0.4) is 0 Å². The summed E-state index contributed by atoms with van der Waals surface area (Å²) in [5.74, 6) is 0.498. The van der Waals surface area contributed by atoms with E-state index >= 15 is 0 Å². The van der Waals surface area contributed by atoms with Gasteiger partial charge in [-0.1, -0.05) is 30.3 Å². The first-order valence-electron chi connectivity index (χ1n) is 8.30. The largest absolute Gasteiger partial charge is 0.381 e. The van der Waals surface area contributed by atoms with Crippen molar-refractivity contribution in [3.8, 4) is 11.4 Å². The zero-order valence-corrected chi connectivity index (χ0v) is 14.4. The van der Waals surface area contributed by atoms with Crippen molar-refractivity contribution in [2.45, 2.75) is 39.2 Å². The van der Waals surface area contributed by atoms with Gasteiger partial charge < -0.3 is 10.0 Å². The van der Waals surface area contributed by atoms with Gasteiger partial charge in [0.05, 0.1) is 0 Å². The van der Waals surface area contributed by atoms with Gasteiger partial charge in [0.2, 0.25) is 0 Å². The van der Waals surface area contributed by atoms with Crippen LogP contribution in [0.1, 0.15) is 30.8 Å². The average Bonchev–Trinajstić information content (AvgIpc) is 2.77. The van der Waals surface area contributed by atoms with E-state index in [0.717, 1.165) is 34.8 Å². The maximum absolute atomic E-state index is 12.3. The molecule has 0 spiro atoms. The number of nitrogens with zero attached hydrogens (tertiary/aromatic N) is 3. The van der Waals surface area contributed by atoms with Crippen LogP contribution in [0.15, 0.2) is 30.3 Å². The summed E-state index contributed by atoms with van der Waals surface area (Å²) in [6.07, 6.45) is 1.40. The standard InChI is InChI=1S/C19H23N3O2/c1-13-15-9-11-22(18(23)19(2,3)24)12-10-16(15)21-17(20-13)14-7-5-4-6-8-14/h4-8,24H,9-12H2,1-3H3. The molecule has 1 N–H and O–H groups in total. The van der Waals surface area contributed by atoms with Crippen molar-refractivity contribution in [2.75, 3.05) is 13.1 Å². The van der Waals surface area contributed by atoms with Crippen LogP contribution in [0.2, 0.25) is 0 Å². The molecule has 5 heteroatoms. The van der Waals surface area contributed by atoms with Crippen molar-refractivity contribution >= 4 is 5.91 Å². The minimum atomic E-state index is -1.34. The van der Waals surface area contributed by atoms with Crippen LogP contribution in [-0.4, -0.2) is 44.6 Å². The monoisotopic (exact) mass is 325 g/mol. The summed E-state index contributed by atoms with van der Waals surface area (Å²) in [6, 6.07) is 9.93. The van der Waals surface area contributed by atoms with E-state index in [0.29, 0.717) is 19.5 Å². The molecule has 2 heterocycles. The molecule has 0 unspecified atom stereocenters. The number of rotatable bonds is 2. The minimum Gasteiger partial charge on any atom is -0.381 e. The predicted octanol–water partition coefficient (Wildman–Crippen LogP) is 2.15. The number of fused-ring (bicyclic) bond motifs is 1. The van der Waals surface area contributed by atoms with Gasteiger partial charge in [-0.25, -0.2) is 9.97 Å². The van der Waals surface area contributed by atoms with E-state index in [4.69, 9.17) is 4.98 Å². The molecule has 0 saturated heterocycles. The van der Waals surface area contributed by atoms with Gasteiger partial charge in [0.15, 0.2) is 5.82 Å². The lowest BCUT2D eigenvalue weighted by Gasteiger charge is -2.27. The van der Waals surface area contributed by atoms with Gasteiger partial charge in [-0.05, 0) is 32.8 Å². The summed E-state index contributed by atoms with van der Waals surface area (Å²) in [5.41, 5.74) is 2.76. The molecular formula is C19H23N3O2. The first-order valence-corrected chi connectivity index (χ1v) is 8.30. The van der Waals surface area contributed by atoms with E-state index < -0.39 is 5.60 Å². The van der Waals surface area contributed by atoms with Gasteiger partial charge in [-0.2, -0.15) is 0 Å². The number of benzene rings is 1. The van der Waals surface area contributed by atoms with E-state index in [2.05, 4.69) is 4.98 Å². The molecule has 3 rings (SSSR count). The Morgan fingerprint density at radius 2 is 1.79 bits per heavy atom. The maximum Gasteiger partial charge on any atom is 0.253 e. The number of aryl methyl sites for hydroxylation is 1. The topological polar surface area (TPSA) is 66.3 Å². The first kappa shape index (κ1) is 16.6. The number of hydrogen-bond acceptors (Lipinski definition) is 4. The highest BCUT2D eigenvalue weighted by Gasteiger charge is 2.31. The molecule has 1 amide bonds. The van der Waals surface area contributed by atoms with Crippen LogP contribution >= 0.6 is 0 Å². The quantitative estimate of drug-likeness (QED) is 0.919. The highest BCUT2D eigenvalue weighted by molar-refractivity contribution is 5.84. The molecule has 126 valence electrons. The van der Waals surface area contributed by atoms with E-state index in [1.807, 2.05) is 37.3 Å². The third-order valence-corrected chi connectivity index (χ3v) is 4.39. The summed E-state index contributed by atoms with van der Waals surface area (Å²) in [5, 5.41) is 9.98. The van der Waals surface area contributed by atoms with Crippen molar-refractivity contribution in [3.63, 3.8) is 0 Å². The number of aliphatic hydroxyl groups is 1. The van der Waals surface area contributed by atoms with Gasteiger partial charge in [0.1, 0.15) is 5.60 Å². The van der Waals surface area contributed by atoms with Gasteiger partial charge in [0, 0.05) is 36.5 Å². The van der Waals surface area contributed by atoms with E-state index in [1.54, 1.807) is 4.90 Å². The van der Waals surface area contributed by atoms with Crippen LogP contribution in [0.25, 0.3) is 11.4 Å². The van der Waals surface area contributed by atoms with Crippen LogP contribution in [-0.2, 0) is 17.6 Å². The fourth-order valence-electron chi connectivity index (χ4n) is 3.09. The Balaban J connectivity index is 1.89. The molecule has 2 aromatic rings. The lowest BCUT2D eigenvalue weighted by Crippen LogP contribution is -2.46. The van der Waals surface area contributed by atoms with Gasteiger partial charge in [-0.3, -0.25) is 4.79 Å². The predicted molar refractivity (Wildman–Crippen MR) is 92.5 cm³/mol. The molecular weight excluding hydrogens is 302 g/mol. The van der Waals surface area contributed by atoms with Crippen LogP contribution in [0, 0.1) is 6.92 Å². The molecule has 1 aromatic carbocycles. The lowest BCUT2D eigenvalue weighted by atomic mass is 10.1. The molecule has 0 aliphatic carbocycles. The number of aromatic nitrogens is 2. The Kier molecular flexibility index (Phi) is 4.37. The fourth-order valence-corrected chi connectivity index (χ4v) is 3.09. The second-order valence-electron chi connectivity index (χ2n) is 6.78. The van der Waals surface area contributed by atoms with Crippen molar-refractivity contribution < 1.29 is 9.90 Å². The second-order valence-corrected chi connectivity index (χ2v) is 6.78. The lowest BCUT2D eigenvalue weighted by molar-refractivity contribution is -0.147. The zero-order chi connectivity index (χ0) is 17.3. The van der Waals surface area contributed by atoms with Gasteiger partial charge in [0.25, 0.3) is 5.91 Å². The smallest absolute Gasteiger partial charge is 0.253 e. The Hall–Kier alpha value is -2.27. The molecule has 1 aliphatic rings. The first-order chi connectivity index (χ1) is 11.4. The molecule has 24 heavy (non-hydrogen) atoms. The van der Waals surface area contributed by atoms with E-state index in [-0.39, 0.29) is 5.91 Å². The fraction of sp³-hybridized carbons (Fsp3) is 0.421. The molecule has 0 bridgehead atoms. The Labute approximate surface area is 142 Å². The van der Waals surface area contributed by atoms with E-state index in [9.17, 15) is 9.90 Å². The molecule has 5 nitrogen and oxygen atoms in total. The molecule has 1 aromatic heterocycles. The summed E-state index contributed by atoms with van der Waals surface area (Å²) < 4.78 is 0. The number of hydrogen-bond donors (Lipinski definition) is 1. The van der Waals surface area contributed by atoms with E-state index in [1.165, 1.54) is 13.8 Å². The second kappa shape index (κ2) is 6.32. The zero-order valence-electron chi connectivity index (χ0n) is 14.4. The third kappa shape index (κ3) is 3.31. The molecule has 0 atom stereocenters. The van der Waals surface area contributed by atoms with Crippen molar-refractivity contribution in [2.24, 2.45) is 0 Å². The van der Waals surface area contributed by atoms with Gasteiger partial charge in [-0.15, -0.1) is 0 Å². The Bertz CT molecular complexity index is 751. The Morgan fingerprint density at radius 3 is 2.46 bits per heavy atom. The highest BCUT2D eigenvalue weighted by Crippen LogP contribution is 2.23. The van der Waals surface area contributed by atoms with Gasteiger partial charge >= 0.3 is 0 Å². The van der Waals surface area contributed by atoms with Crippen LogP contribution in [0.5, 0.6) is 0 Å². The number of amides is 1. The summed E-state index contributed by atoms with van der Waals surface area (Å²) in [6.45, 7) is 6.23. The summed E-state index contributed by atoms with van der Waals surface area (Å²) in [7, 11) is 0. The molecule has 0 radical (unpaired) electrons. The highest BCUT2D eigenvalue weighted by atomic mass is 16.3. The summed E-state index contributed by atoms with van der Waals surface area (Å²) in [4.78, 5) is 23.5. The Morgan fingerprint density at radius 1 is 1.12 bits per heavy atom. The average molecular weight is 325 g/mol. The normalized spacial score (nSPS) is 14.9. The third-order valence-electron chi connectivity index (χ3n) is 4.39. The minimum absolute atomic E-state index is 0.232. The van der Waals surface area contributed by atoms with Crippen molar-refractivity contribution in [3.05, 3.63) is 47.3 Å². The summed E-state index contributed by atoms with van der Waals surface area (Å²) >= 11 is 0. The van der Waals surface area contributed by atoms with Crippen LogP contribution < -0.4 is 0 Å². The molecule has 0 saturated carbocycles. The maximum atomic E-state index is 12.3. The SMILES string of the molecule is Cc1nc(-c2ccccc2)nc2c1CCN(C(=O)C(C)(C)O)CC2. The molecule has 0 fully saturated rings. The van der Waals surface area contributed by atoms with Crippen molar-refractivity contribution in [1.29, 1.82) is 0 Å².